The predicted molar refractivity (Wildman–Crippen MR) is 119 cm³/mol. The fourth-order valence-electron chi connectivity index (χ4n) is 3.48. The number of hydrogen-bond acceptors (Lipinski definition) is 4. The molecule has 2 aromatic carbocycles. The fourth-order valence-corrected chi connectivity index (χ4v) is 3.48. The summed E-state index contributed by atoms with van der Waals surface area (Å²) in [7, 11) is 1.19. The third-order valence-corrected chi connectivity index (χ3v) is 5.31. The van der Waals surface area contributed by atoms with Crippen LogP contribution >= 0.6 is 0 Å². The molecule has 0 saturated carbocycles. The van der Waals surface area contributed by atoms with Crippen LogP contribution in [0.25, 0.3) is 11.1 Å². The summed E-state index contributed by atoms with van der Waals surface area (Å²) in [6, 6.07) is 13.8. The van der Waals surface area contributed by atoms with E-state index >= 15 is 0 Å². The Kier molecular flexibility index (Phi) is 5.84. The minimum absolute atomic E-state index is 0.0449. The number of nitrogens with one attached hydrogen (secondary N) is 1. The van der Waals surface area contributed by atoms with Crippen LogP contribution in [0.3, 0.4) is 0 Å². The third kappa shape index (κ3) is 4.28. The minimum atomic E-state index is -0.766. The van der Waals surface area contributed by atoms with Crippen LogP contribution in [0.1, 0.15) is 42.3 Å². The Balaban J connectivity index is 1.86. The van der Waals surface area contributed by atoms with E-state index in [1.54, 1.807) is 6.07 Å². The summed E-state index contributed by atoms with van der Waals surface area (Å²) in [5, 5.41) is 2.32. The molecular weight excluding hydrogens is 392 g/mol. The van der Waals surface area contributed by atoms with E-state index in [1.165, 1.54) is 17.6 Å². The van der Waals surface area contributed by atoms with Crippen LogP contribution in [0.5, 0.6) is 0 Å². The lowest BCUT2D eigenvalue weighted by molar-refractivity contribution is -0.137. The van der Waals surface area contributed by atoms with E-state index < -0.39 is 11.9 Å². The Bertz CT molecular complexity index is 1090. The lowest BCUT2D eigenvalue weighted by Gasteiger charge is -2.20. The highest BCUT2D eigenvalue weighted by molar-refractivity contribution is 6.07. The van der Waals surface area contributed by atoms with Gasteiger partial charge in [-0.25, -0.2) is 4.79 Å². The predicted octanol–water partition coefficient (Wildman–Crippen LogP) is 3.92. The van der Waals surface area contributed by atoms with Crippen LogP contribution < -0.4 is 5.32 Å². The van der Waals surface area contributed by atoms with Crippen molar-refractivity contribution in [2.24, 2.45) is 0 Å². The number of rotatable bonds is 5. The second kappa shape index (κ2) is 8.22. The molecule has 1 aliphatic rings. The lowest BCUT2D eigenvalue weighted by Crippen LogP contribution is -2.36. The molecule has 0 bridgehead atoms. The van der Waals surface area contributed by atoms with Crippen molar-refractivity contribution >= 4 is 17.8 Å². The van der Waals surface area contributed by atoms with E-state index in [-0.39, 0.29) is 29.3 Å². The first-order valence-corrected chi connectivity index (χ1v) is 9.86. The first-order valence-electron chi connectivity index (χ1n) is 9.86. The summed E-state index contributed by atoms with van der Waals surface area (Å²) in [5.74, 6) is -1.77. The van der Waals surface area contributed by atoms with Gasteiger partial charge in [-0.2, -0.15) is 0 Å². The molecule has 0 unspecified atom stereocenters. The zero-order valence-electron chi connectivity index (χ0n) is 18.2. The Labute approximate surface area is 182 Å². The normalized spacial score (nSPS) is 12.9. The van der Waals surface area contributed by atoms with Gasteiger partial charge in [-0.15, -0.1) is 0 Å². The van der Waals surface area contributed by atoms with Crippen LogP contribution in [0, 0.1) is 0 Å². The second-order valence-corrected chi connectivity index (χ2v) is 8.42. The maximum absolute atomic E-state index is 13.0. The van der Waals surface area contributed by atoms with Crippen LogP contribution in [0.2, 0.25) is 0 Å². The first kappa shape index (κ1) is 22.0. The summed E-state index contributed by atoms with van der Waals surface area (Å²) in [5.41, 5.74) is 4.25. The molecule has 0 fully saturated rings. The van der Waals surface area contributed by atoms with E-state index in [0.717, 1.165) is 16.7 Å². The molecular formula is C25H26N2O4. The standard InChI is InChI=1S/C25H26N2O4/c1-15(24(30)31-6)26-22(28)16(2)27-14-21-19(8-7-9-20(21)23(27)29)17-10-12-18(13-11-17)25(3,4)5/h7-13H,1-2,14H2,3-6H3,(H,26,28). The largest absolute Gasteiger partial charge is 0.464 e. The summed E-state index contributed by atoms with van der Waals surface area (Å²) in [4.78, 5) is 38.2. The van der Waals surface area contributed by atoms with Gasteiger partial charge >= 0.3 is 5.97 Å². The van der Waals surface area contributed by atoms with Crippen molar-refractivity contribution in [2.75, 3.05) is 7.11 Å². The average Bonchev–Trinajstić information content (AvgIpc) is 3.08. The molecule has 0 saturated heterocycles. The second-order valence-electron chi connectivity index (χ2n) is 8.42. The quantitative estimate of drug-likeness (QED) is 0.590. The van der Waals surface area contributed by atoms with Crippen molar-refractivity contribution in [2.45, 2.75) is 32.7 Å². The summed E-state index contributed by atoms with van der Waals surface area (Å²) >= 11 is 0. The van der Waals surface area contributed by atoms with Crippen molar-refractivity contribution in [3.63, 3.8) is 0 Å². The number of nitrogens with zero attached hydrogens (tertiary/aromatic N) is 1. The zero-order chi connectivity index (χ0) is 22.9. The van der Waals surface area contributed by atoms with E-state index in [9.17, 15) is 14.4 Å². The molecule has 2 aromatic rings. The van der Waals surface area contributed by atoms with E-state index in [0.29, 0.717) is 5.56 Å². The molecule has 6 nitrogen and oxygen atoms in total. The Hall–Kier alpha value is -3.67. The summed E-state index contributed by atoms with van der Waals surface area (Å²) in [6.45, 7) is 13.9. The number of fused-ring (bicyclic) bond motifs is 1. The maximum atomic E-state index is 13.0. The van der Waals surface area contributed by atoms with Gasteiger partial charge in [-0.3, -0.25) is 14.5 Å². The molecule has 0 spiro atoms. The van der Waals surface area contributed by atoms with Gasteiger partial charge in [0.2, 0.25) is 0 Å². The summed E-state index contributed by atoms with van der Waals surface area (Å²) < 4.78 is 4.52. The van der Waals surface area contributed by atoms with Gasteiger partial charge in [0.1, 0.15) is 11.4 Å². The van der Waals surface area contributed by atoms with E-state index in [1.807, 2.05) is 24.3 Å². The molecule has 160 valence electrons. The van der Waals surface area contributed by atoms with Crippen molar-refractivity contribution in [1.82, 2.24) is 10.2 Å². The van der Waals surface area contributed by atoms with E-state index in [4.69, 9.17) is 0 Å². The van der Waals surface area contributed by atoms with Gasteiger partial charge in [0, 0.05) is 5.56 Å². The molecule has 3 rings (SSSR count). The molecule has 1 heterocycles. The highest BCUT2D eigenvalue weighted by Crippen LogP contribution is 2.35. The highest BCUT2D eigenvalue weighted by Gasteiger charge is 2.33. The SMILES string of the molecule is C=C(NC(=O)C(=C)N1Cc2c(cccc2-c2ccc(C(C)(C)C)cc2)C1=O)C(=O)OC. The number of esters is 1. The van der Waals surface area contributed by atoms with Gasteiger partial charge in [-0.1, -0.05) is 70.3 Å². The van der Waals surface area contributed by atoms with Gasteiger partial charge in [0.05, 0.1) is 13.7 Å². The van der Waals surface area contributed by atoms with Crippen molar-refractivity contribution in [3.05, 3.63) is 83.7 Å². The highest BCUT2D eigenvalue weighted by atomic mass is 16.5. The number of ether oxygens (including phenoxy) is 1. The Morgan fingerprint density at radius 2 is 1.65 bits per heavy atom. The summed E-state index contributed by atoms with van der Waals surface area (Å²) in [6.07, 6.45) is 0. The van der Waals surface area contributed by atoms with Gasteiger partial charge in [0.15, 0.2) is 0 Å². The minimum Gasteiger partial charge on any atom is -0.464 e. The first-order chi connectivity index (χ1) is 14.5. The van der Waals surface area contributed by atoms with Gasteiger partial charge in [-0.05, 0) is 33.7 Å². The van der Waals surface area contributed by atoms with Crippen molar-refractivity contribution in [1.29, 1.82) is 0 Å². The molecule has 6 heteroatoms. The molecule has 1 aliphatic heterocycles. The van der Waals surface area contributed by atoms with Crippen LogP contribution in [-0.4, -0.2) is 29.8 Å². The van der Waals surface area contributed by atoms with Crippen LogP contribution in [0.15, 0.2) is 67.0 Å². The number of benzene rings is 2. The van der Waals surface area contributed by atoms with Crippen molar-refractivity contribution < 1.29 is 19.1 Å². The molecule has 0 radical (unpaired) electrons. The van der Waals surface area contributed by atoms with Crippen LogP contribution in [0.4, 0.5) is 0 Å². The molecule has 0 aromatic heterocycles. The topological polar surface area (TPSA) is 75.7 Å². The molecule has 2 amide bonds. The zero-order valence-corrected chi connectivity index (χ0v) is 18.2. The molecule has 0 aliphatic carbocycles. The number of methoxy groups -OCH3 is 1. The number of carbonyl (C=O) groups excluding carboxylic acids is 3. The third-order valence-electron chi connectivity index (χ3n) is 5.31. The molecule has 0 atom stereocenters. The maximum Gasteiger partial charge on any atom is 0.353 e. The van der Waals surface area contributed by atoms with Crippen molar-refractivity contribution in [3.8, 4) is 11.1 Å². The van der Waals surface area contributed by atoms with Crippen LogP contribution in [-0.2, 0) is 26.3 Å². The Morgan fingerprint density at radius 1 is 1.03 bits per heavy atom. The van der Waals surface area contributed by atoms with E-state index in [2.05, 4.69) is 56.1 Å². The smallest absolute Gasteiger partial charge is 0.353 e. The lowest BCUT2D eigenvalue weighted by atomic mass is 9.86. The fraction of sp³-hybridized carbons (Fsp3) is 0.240. The number of carbonyl (C=O) groups is 3. The average molecular weight is 418 g/mol. The van der Waals surface area contributed by atoms with Gasteiger partial charge in [0.25, 0.3) is 11.8 Å². The molecule has 1 N–H and O–H groups in total. The molecule has 31 heavy (non-hydrogen) atoms. The Morgan fingerprint density at radius 3 is 2.23 bits per heavy atom. The monoisotopic (exact) mass is 418 g/mol. The number of hydrogen-bond donors (Lipinski definition) is 1. The number of amides is 2. The van der Waals surface area contributed by atoms with Gasteiger partial charge < -0.3 is 10.1 Å².